The molecule has 1 aliphatic rings. The van der Waals surface area contributed by atoms with Crippen LogP contribution in [-0.4, -0.2) is 24.7 Å². The maximum atomic E-state index is 12.0. The van der Waals surface area contributed by atoms with Crippen LogP contribution >= 0.6 is 0 Å². The molecule has 0 aliphatic heterocycles. The second-order valence-electron chi connectivity index (χ2n) is 6.85. The predicted octanol–water partition coefficient (Wildman–Crippen LogP) is 2.93. The molecule has 3 N–H and O–H groups in total. The lowest BCUT2D eigenvalue weighted by Crippen LogP contribution is -2.49. The molecule has 1 saturated carbocycles. The normalized spacial score (nSPS) is 16.9. The van der Waals surface area contributed by atoms with Crippen molar-refractivity contribution in [3.05, 3.63) is 23.8 Å². The minimum Gasteiger partial charge on any atom is -0.493 e. The molecule has 1 aromatic carbocycles. The van der Waals surface area contributed by atoms with Crippen LogP contribution < -0.4 is 20.5 Å². The first-order valence-electron chi connectivity index (χ1n) is 8.25. The summed E-state index contributed by atoms with van der Waals surface area (Å²) in [5.41, 5.74) is 5.88. The molecule has 5 heteroatoms. The highest BCUT2D eigenvalue weighted by atomic mass is 16.5. The number of carbonyl (C=O) groups excluding carboxylic acids is 1. The minimum absolute atomic E-state index is 0.153. The summed E-state index contributed by atoms with van der Waals surface area (Å²) in [4.78, 5) is 12.0. The van der Waals surface area contributed by atoms with Crippen LogP contribution in [0.4, 0.5) is 0 Å². The summed E-state index contributed by atoms with van der Waals surface area (Å²) in [5, 5.41) is 2.92. The van der Waals surface area contributed by atoms with Crippen LogP contribution in [0.2, 0.25) is 0 Å². The molecule has 1 fully saturated rings. The van der Waals surface area contributed by atoms with E-state index in [-0.39, 0.29) is 18.1 Å². The van der Waals surface area contributed by atoms with E-state index in [0.717, 1.165) is 24.2 Å². The van der Waals surface area contributed by atoms with Crippen molar-refractivity contribution in [2.24, 2.45) is 5.73 Å². The second kappa shape index (κ2) is 7.21. The zero-order valence-corrected chi connectivity index (χ0v) is 14.5. The summed E-state index contributed by atoms with van der Waals surface area (Å²) in [5.74, 6) is 1.28. The first-order chi connectivity index (χ1) is 10.8. The molecule has 0 radical (unpaired) electrons. The third-order valence-electron chi connectivity index (χ3n) is 4.22. The Balaban J connectivity index is 2.09. The molecule has 0 saturated heterocycles. The van der Waals surface area contributed by atoms with E-state index in [4.69, 9.17) is 15.2 Å². The van der Waals surface area contributed by atoms with Gasteiger partial charge in [0.1, 0.15) is 0 Å². The highest BCUT2D eigenvalue weighted by molar-refractivity contribution is 5.85. The summed E-state index contributed by atoms with van der Waals surface area (Å²) >= 11 is 0. The summed E-state index contributed by atoms with van der Waals surface area (Å²) in [6, 6.07) is 5.64. The third-order valence-corrected chi connectivity index (χ3v) is 4.22. The van der Waals surface area contributed by atoms with Gasteiger partial charge in [-0.25, -0.2) is 0 Å². The molecule has 0 heterocycles. The van der Waals surface area contributed by atoms with Gasteiger partial charge in [-0.1, -0.05) is 6.07 Å². The van der Waals surface area contributed by atoms with E-state index in [0.29, 0.717) is 5.75 Å². The molecule has 23 heavy (non-hydrogen) atoms. The molecule has 5 nitrogen and oxygen atoms in total. The molecular formula is C18H28N2O3. The maximum absolute atomic E-state index is 12.0. The number of carbonyl (C=O) groups is 1. The van der Waals surface area contributed by atoms with Crippen molar-refractivity contribution in [1.29, 1.82) is 0 Å². The van der Waals surface area contributed by atoms with Crippen molar-refractivity contribution in [2.75, 3.05) is 7.11 Å². The van der Waals surface area contributed by atoms with Crippen molar-refractivity contribution in [2.45, 2.75) is 64.1 Å². The Morgan fingerprint density at radius 3 is 2.52 bits per heavy atom. The van der Waals surface area contributed by atoms with E-state index < -0.39 is 5.54 Å². The molecule has 0 bridgehead atoms. The Labute approximate surface area is 138 Å². The number of benzene rings is 1. The van der Waals surface area contributed by atoms with Crippen LogP contribution in [0.5, 0.6) is 11.5 Å². The molecule has 128 valence electrons. The number of nitrogens with two attached hydrogens (primary N) is 1. The first-order valence-corrected chi connectivity index (χ1v) is 8.25. The first kappa shape index (κ1) is 17.6. The van der Waals surface area contributed by atoms with Crippen LogP contribution in [0.25, 0.3) is 0 Å². The highest BCUT2D eigenvalue weighted by Gasteiger charge is 2.24. The lowest BCUT2D eigenvalue weighted by atomic mass is 10.0. The van der Waals surface area contributed by atoms with Crippen molar-refractivity contribution >= 4 is 5.91 Å². The molecule has 2 rings (SSSR count). The fraction of sp³-hybridized carbons (Fsp3) is 0.611. The van der Waals surface area contributed by atoms with Crippen LogP contribution in [0.15, 0.2) is 18.2 Å². The summed E-state index contributed by atoms with van der Waals surface area (Å²) < 4.78 is 11.5. The van der Waals surface area contributed by atoms with Crippen molar-refractivity contribution < 1.29 is 14.3 Å². The van der Waals surface area contributed by atoms with E-state index in [2.05, 4.69) is 5.32 Å². The van der Waals surface area contributed by atoms with Gasteiger partial charge in [0.25, 0.3) is 0 Å². The average Bonchev–Trinajstić information content (AvgIpc) is 2.99. The molecule has 0 spiro atoms. The molecule has 1 amide bonds. The van der Waals surface area contributed by atoms with Gasteiger partial charge in [0.2, 0.25) is 5.91 Å². The van der Waals surface area contributed by atoms with E-state index in [1.54, 1.807) is 21.0 Å². The highest BCUT2D eigenvalue weighted by Crippen LogP contribution is 2.33. The van der Waals surface area contributed by atoms with Gasteiger partial charge in [0, 0.05) is 0 Å². The Morgan fingerprint density at radius 2 is 1.96 bits per heavy atom. The molecular weight excluding hydrogens is 292 g/mol. The number of rotatable bonds is 6. The predicted molar refractivity (Wildman–Crippen MR) is 90.7 cm³/mol. The van der Waals surface area contributed by atoms with Gasteiger partial charge in [-0.3, -0.25) is 4.79 Å². The van der Waals surface area contributed by atoms with Crippen molar-refractivity contribution in [1.82, 2.24) is 5.32 Å². The number of hydrogen-bond donors (Lipinski definition) is 2. The van der Waals surface area contributed by atoms with Crippen LogP contribution in [-0.2, 0) is 4.79 Å². The average molecular weight is 320 g/mol. The maximum Gasteiger partial charge on any atom is 0.239 e. The van der Waals surface area contributed by atoms with E-state index >= 15 is 0 Å². The number of nitrogens with one attached hydrogen (secondary N) is 1. The summed E-state index contributed by atoms with van der Waals surface area (Å²) in [7, 11) is 1.63. The largest absolute Gasteiger partial charge is 0.493 e. The summed E-state index contributed by atoms with van der Waals surface area (Å²) in [6.07, 6.45) is 4.93. The van der Waals surface area contributed by atoms with Gasteiger partial charge >= 0.3 is 0 Å². The lowest BCUT2D eigenvalue weighted by molar-refractivity contribution is -0.125. The van der Waals surface area contributed by atoms with Gasteiger partial charge in [0.05, 0.1) is 24.8 Å². The zero-order valence-electron chi connectivity index (χ0n) is 14.5. The van der Waals surface area contributed by atoms with Crippen LogP contribution in [0.1, 0.15) is 58.1 Å². The molecule has 1 atom stereocenters. The van der Waals surface area contributed by atoms with E-state index in [9.17, 15) is 4.79 Å². The van der Waals surface area contributed by atoms with Crippen molar-refractivity contribution in [3.63, 3.8) is 0 Å². The molecule has 1 aliphatic carbocycles. The van der Waals surface area contributed by atoms with Crippen molar-refractivity contribution in [3.8, 4) is 11.5 Å². The number of amides is 1. The van der Waals surface area contributed by atoms with Gasteiger partial charge in [-0.05, 0) is 64.2 Å². The summed E-state index contributed by atoms with van der Waals surface area (Å²) in [6.45, 7) is 5.30. The van der Waals surface area contributed by atoms with Gasteiger partial charge < -0.3 is 20.5 Å². The van der Waals surface area contributed by atoms with E-state index in [1.165, 1.54) is 12.8 Å². The Bertz CT molecular complexity index is 546. The van der Waals surface area contributed by atoms with Crippen LogP contribution in [0, 0.1) is 0 Å². The fourth-order valence-corrected chi connectivity index (χ4v) is 2.70. The molecule has 1 aromatic rings. The Morgan fingerprint density at radius 1 is 1.30 bits per heavy atom. The van der Waals surface area contributed by atoms with Gasteiger partial charge in [-0.15, -0.1) is 0 Å². The Kier molecular flexibility index (Phi) is 5.52. The SMILES string of the molecule is COc1cc(C(C)NC(=O)C(C)(C)N)ccc1OC1CCCC1. The van der Waals surface area contributed by atoms with E-state index in [1.807, 2.05) is 25.1 Å². The second-order valence-corrected chi connectivity index (χ2v) is 6.85. The number of methoxy groups -OCH3 is 1. The monoisotopic (exact) mass is 320 g/mol. The topological polar surface area (TPSA) is 73.6 Å². The van der Waals surface area contributed by atoms with Crippen LogP contribution in [0.3, 0.4) is 0 Å². The number of ether oxygens (including phenoxy) is 2. The third kappa shape index (κ3) is 4.61. The number of hydrogen-bond acceptors (Lipinski definition) is 4. The minimum atomic E-state index is -0.899. The van der Waals surface area contributed by atoms with Gasteiger partial charge in [-0.2, -0.15) is 0 Å². The lowest BCUT2D eigenvalue weighted by Gasteiger charge is -2.23. The molecule has 1 unspecified atom stereocenters. The quantitative estimate of drug-likeness (QED) is 0.845. The fourth-order valence-electron chi connectivity index (χ4n) is 2.70. The van der Waals surface area contributed by atoms with Gasteiger partial charge in [0.15, 0.2) is 11.5 Å². The Hall–Kier alpha value is -1.75. The smallest absolute Gasteiger partial charge is 0.239 e. The zero-order chi connectivity index (χ0) is 17.0. The standard InChI is InChI=1S/C18H28N2O3/c1-12(20-17(21)18(2,3)19)13-9-10-15(16(11-13)22-4)23-14-7-5-6-8-14/h9-12,14H,5-8,19H2,1-4H3,(H,20,21). The molecule has 0 aromatic heterocycles.